The molecule has 158 valence electrons. The normalized spacial score (nSPS) is 10.9. The summed E-state index contributed by atoms with van der Waals surface area (Å²) in [5.74, 6) is 0.722. The molecule has 0 amide bonds. The Hall–Kier alpha value is -3.46. The van der Waals surface area contributed by atoms with Gasteiger partial charge in [0.15, 0.2) is 6.61 Å². The third kappa shape index (κ3) is 5.00. The van der Waals surface area contributed by atoms with Crippen LogP contribution in [0.3, 0.4) is 0 Å². The number of aryl methyl sites for hydroxylation is 2. The van der Waals surface area contributed by atoms with Crippen molar-refractivity contribution in [2.45, 2.75) is 31.1 Å². The number of carbonyl (C=O) groups excluding carboxylic acids is 1. The maximum atomic E-state index is 13.8. The van der Waals surface area contributed by atoms with Crippen LogP contribution in [0.25, 0.3) is 11.4 Å². The average molecular weight is 439 g/mol. The second-order valence-corrected chi connectivity index (χ2v) is 7.79. The van der Waals surface area contributed by atoms with E-state index in [1.165, 1.54) is 17.8 Å². The molecular formula is C22H18FN3O4S. The van der Waals surface area contributed by atoms with Gasteiger partial charge in [0, 0.05) is 16.5 Å². The van der Waals surface area contributed by atoms with E-state index in [0.717, 1.165) is 16.3 Å². The molecule has 0 spiro atoms. The molecule has 2 heterocycles. The van der Waals surface area contributed by atoms with Gasteiger partial charge in [-0.1, -0.05) is 34.6 Å². The van der Waals surface area contributed by atoms with Crippen molar-refractivity contribution in [2.75, 3.05) is 0 Å². The molecule has 0 aliphatic rings. The van der Waals surface area contributed by atoms with Crippen molar-refractivity contribution in [3.8, 4) is 11.4 Å². The van der Waals surface area contributed by atoms with Crippen LogP contribution in [-0.2, 0) is 17.1 Å². The van der Waals surface area contributed by atoms with Crippen molar-refractivity contribution in [2.24, 2.45) is 0 Å². The van der Waals surface area contributed by atoms with Crippen LogP contribution in [0.2, 0.25) is 0 Å². The summed E-state index contributed by atoms with van der Waals surface area (Å²) in [4.78, 5) is 17.5. The Bertz CT molecular complexity index is 1220. The SMILES string of the molecule is Cc1cc(CSc2ccccc2C(=O)OCc2nc(-c3ccc(C)c(F)c3)no2)on1. The van der Waals surface area contributed by atoms with Crippen molar-refractivity contribution in [3.63, 3.8) is 0 Å². The molecule has 7 nitrogen and oxygen atoms in total. The molecule has 0 fully saturated rings. The number of ether oxygens (including phenoxy) is 1. The Labute approximate surface area is 181 Å². The van der Waals surface area contributed by atoms with Gasteiger partial charge in [-0.15, -0.1) is 11.8 Å². The number of rotatable bonds is 7. The topological polar surface area (TPSA) is 91.2 Å². The Balaban J connectivity index is 1.40. The Morgan fingerprint density at radius 2 is 1.94 bits per heavy atom. The highest BCUT2D eigenvalue weighted by Gasteiger charge is 2.16. The molecule has 0 bridgehead atoms. The Kier molecular flexibility index (Phi) is 6.13. The molecule has 0 aliphatic heterocycles. The summed E-state index contributed by atoms with van der Waals surface area (Å²) in [7, 11) is 0. The molecule has 0 saturated carbocycles. The minimum atomic E-state index is -0.516. The fourth-order valence-corrected chi connectivity index (χ4v) is 3.68. The van der Waals surface area contributed by atoms with Crippen LogP contribution in [0.4, 0.5) is 4.39 Å². The maximum absolute atomic E-state index is 13.8. The van der Waals surface area contributed by atoms with E-state index in [1.807, 2.05) is 25.1 Å². The molecule has 31 heavy (non-hydrogen) atoms. The number of hydrogen-bond acceptors (Lipinski definition) is 8. The van der Waals surface area contributed by atoms with E-state index in [9.17, 15) is 9.18 Å². The van der Waals surface area contributed by atoms with Crippen LogP contribution in [0.15, 0.2) is 62.5 Å². The molecule has 0 atom stereocenters. The quantitative estimate of drug-likeness (QED) is 0.289. The number of thioether (sulfide) groups is 1. The molecule has 0 aliphatic carbocycles. The highest BCUT2D eigenvalue weighted by molar-refractivity contribution is 7.98. The number of carbonyl (C=O) groups is 1. The van der Waals surface area contributed by atoms with Gasteiger partial charge in [-0.05, 0) is 37.6 Å². The first-order valence-electron chi connectivity index (χ1n) is 9.40. The summed E-state index contributed by atoms with van der Waals surface area (Å²) in [6.07, 6.45) is 0. The lowest BCUT2D eigenvalue weighted by molar-refractivity contribution is 0.0425. The van der Waals surface area contributed by atoms with Crippen molar-refractivity contribution >= 4 is 17.7 Å². The second kappa shape index (κ2) is 9.13. The van der Waals surface area contributed by atoms with Crippen molar-refractivity contribution in [1.82, 2.24) is 15.3 Å². The van der Waals surface area contributed by atoms with Crippen LogP contribution in [0, 0.1) is 19.7 Å². The highest BCUT2D eigenvalue weighted by atomic mass is 32.2. The van der Waals surface area contributed by atoms with Gasteiger partial charge < -0.3 is 13.8 Å². The Morgan fingerprint density at radius 1 is 1.10 bits per heavy atom. The summed E-state index contributed by atoms with van der Waals surface area (Å²) >= 11 is 1.45. The molecule has 2 aromatic heterocycles. The summed E-state index contributed by atoms with van der Waals surface area (Å²) < 4.78 is 29.4. The molecular weight excluding hydrogens is 421 g/mol. The number of esters is 1. The molecule has 4 aromatic rings. The van der Waals surface area contributed by atoms with E-state index >= 15 is 0 Å². The zero-order valence-electron chi connectivity index (χ0n) is 16.8. The maximum Gasteiger partial charge on any atom is 0.339 e. The van der Waals surface area contributed by atoms with E-state index in [-0.39, 0.29) is 24.1 Å². The van der Waals surface area contributed by atoms with Gasteiger partial charge >= 0.3 is 5.97 Å². The third-order valence-corrected chi connectivity index (χ3v) is 5.47. The van der Waals surface area contributed by atoms with Gasteiger partial charge in [-0.3, -0.25) is 0 Å². The average Bonchev–Trinajstić information content (AvgIpc) is 3.41. The van der Waals surface area contributed by atoms with Gasteiger partial charge in [0.25, 0.3) is 5.89 Å². The monoisotopic (exact) mass is 439 g/mol. The Morgan fingerprint density at radius 3 is 2.71 bits per heavy atom. The zero-order valence-corrected chi connectivity index (χ0v) is 17.6. The fourth-order valence-electron chi connectivity index (χ4n) is 2.76. The van der Waals surface area contributed by atoms with Crippen molar-refractivity contribution in [3.05, 3.63) is 82.8 Å². The predicted octanol–water partition coefficient (Wildman–Crippen LogP) is 5.13. The second-order valence-electron chi connectivity index (χ2n) is 6.77. The zero-order chi connectivity index (χ0) is 21.8. The van der Waals surface area contributed by atoms with Crippen LogP contribution in [-0.4, -0.2) is 21.3 Å². The summed E-state index contributed by atoms with van der Waals surface area (Å²) in [5.41, 5.74) is 2.23. The van der Waals surface area contributed by atoms with Crippen LogP contribution >= 0.6 is 11.8 Å². The van der Waals surface area contributed by atoms with Gasteiger partial charge in [0.1, 0.15) is 11.6 Å². The van der Waals surface area contributed by atoms with Crippen LogP contribution in [0.1, 0.15) is 33.3 Å². The van der Waals surface area contributed by atoms with Crippen LogP contribution < -0.4 is 0 Å². The number of nitrogens with zero attached hydrogens (tertiary/aromatic N) is 3. The molecule has 9 heteroatoms. The van der Waals surface area contributed by atoms with Gasteiger partial charge in [-0.2, -0.15) is 4.98 Å². The summed E-state index contributed by atoms with van der Waals surface area (Å²) in [5, 5.41) is 7.68. The number of hydrogen-bond donors (Lipinski definition) is 0. The lowest BCUT2D eigenvalue weighted by Crippen LogP contribution is -2.07. The third-order valence-electron chi connectivity index (χ3n) is 4.38. The van der Waals surface area contributed by atoms with Gasteiger partial charge in [-0.25, -0.2) is 9.18 Å². The lowest BCUT2D eigenvalue weighted by atomic mass is 10.1. The lowest BCUT2D eigenvalue weighted by Gasteiger charge is -2.07. The van der Waals surface area contributed by atoms with E-state index < -0.39 is 5.97 Å². The largest absolute Gasteiger partial charge is 0.452 e. The van der Waals surface area contributed by atoms with Crippen LogP contribution in [0.5, 0.6) is 0 Å². The van der Waals surface area contributed by atoms with E-state index in [4.69, 9.17) is 13.8 Å². The molecule has 0 unspecified atom stereocenters. The number of halogens is 1. The minimum absolute atomic E-state index is 0.117. The predicted molar refractivity (Wildman–Crippen MR) is 111 cm³/mol. The summed E-state index contributed by atoms with van der Waals surface area (Å²) in [6.45, 7) is 3.32. The molecule has 4 rings (SSSR count). The fraction of sp³-hybridized carbons (Fsp3) is 0.182. The van der Waals surface area contributed by atoms with E-state index in [2.05, 4.69) is 15.3 Å². The van der Waals surface area contributed by atoms with E-state index in [1.54, 1.807) is 31.2 Å². The molecule has 0 N–H and O–H groups in total. The molecule has 0 saturated heterocycles. The van der Waals surface area contributed by atoms with E-state index in [0.29, 0.717) is 22.4 Å². The van der Waals surface area contributed by atoms with Crippen molar-refractivity contribution < 1.29 is 23.0 Å². The molecule has 0 radical (unpaired) electrons. The molecule has 2 aromatic carbocycles. The van der Waals surface area contributed by atoms with Gasteiger partial charge in [0.2, 0.25) is 5.82 Å². The van der Waals surface area contributed by atoms with Gasteiger partial charge in [0.05, 0.1) is 17.0 Å². The smallest absolute Gasteiger partial charge is 0.339 e. The number of aromatic nitrogens is 3. The standard InChI is InChI=1S/C22H18FN3O4S/c1-13-7-8-15(10-18(13)23)21-24-20(30-26-21)11-28-22(27)17-5-3-4-6-19(17)31-12-16-9-14(2)25-29-16/h3-10H,11-12H2,1-2H3. The summed E-state index contributed by atoms with van der Waals surface area (Å²) in [6, 6.07) is 13.6. The first-order valence-corrected chi connectivity index (χ1v) is 10.4. The van der Waals surface area contributed by atoms with Crippen molar-refractivity contribution in [1.29, 1.82) is 0 Å². The number of benzene rings is 2. The highest BCUT2D eigenvalue weighted by Crippen LogP contribution is 2.27. The first kappa shape index (κ1) is 20.8. The first-order chi connectivity index (χ1) is 15.0. The minimum Gasteiger partial charge on any atom is -0.452 e.